The SMILES string of the molecule is CC(C)OCC1CCC(CNC2CC2)O1. The molecule has 0 aromatic heterocycles. The Balaban J connectivity index is 1.56. The first-order valence-corrected chi connectivity index (χ1v) is 6.24. The highest BCUT2D eigenvalue weighted by molar-refractivity contribution is 4.84. The second-order valence-electron chi connectivity index (χ2n) is 5.02. The van der Waals surface area contributed by atoms with Crippen LogP contribution in [0, 0.1) is 0 Å². The van der Waals surface area contributed by atoms with Gasteiger partial charge in [-0.25, -0.2) is 0 Å². The summed E-state index contributed by atoms with van der Waals surface area (Å²) in [5, 5.41) is 3.52. The number of hydrogen-bond donors (Lipinski definition) is 1. The van der Waals surface area contributed by atoms with Crippen LogP contribution in [0.25, 0.3) is 0 Å². The van der Waals surface area contributed by atoms with Crippen LogP contribution < -0.4 is 5.32 Å². The smallest absolute Gasteiger partial charge is 0.0814 e. The summed E-state index contributed by atoms with van der Waals surface area (Å²) in [5.74, 6) is 0. The average molecular weight is 213 g/mol. The van der Waals surface area contributed by atoms with E-state index in [1.807, 2.05) is 0 Å². The molecule has 1 saturated carbocycles. The molecular weight excluding hydrogens is 190 g/mol. The minimum Gasteiger partial charge on any atom is -0.376 e. The molecule has 0 amide bonds. The summed E-state index contributed by atoms with van der Waals surface area (Å²) in [7, 11) is 0. The second kappa shape index (κ2) is 5.28. The van der Waals surface area contributed by atoms with Crippen LogP contribution in [0.1, 0.15) is 39.5 Å². The van der Waals surface area contributed by atoms with Crippen molar-refractivity contribution >= 4 is 0 Å². The van der Waals surface area contributed by atoms with Gasteiger partial charge in [0, 0.05) is 12.6 Å². The first-order valence-electron chi connectivity index (χ1n) is 6.24. The summed E-state index contributed by atoms with van der Waals surface area (Å²) in [5.41, 5.74) is 0. The van der Waals surface area contributed by atoms with Crippen LogP contribution in [-0.4, -0.2) is 37.5 Å². The molecular formula is C12H23NO2. The molecule has 2 atom stereocenters. The van der Waals surface area contributed by atoms with E-state index in [0.717, 1.165) is 25.6 Å². The molecule has 1 heterocycles. The Morgan fingerprint density at radius 1 is 1.20 bits per heavy atom. The molecule has 1 saturated heterocycles. The molecule has 2 fully saturated rings. The molecule has 0 aromatic rings. The first-order chi connectivity index (χ1) is 7.24. The lowest BCUT2D eigenvalue weighted by atomic mass is 10.2. The van der Waals surface area contributed by atoms with E-state index in [2.05, 4.69) is 19.2 Å². The van der Waals surface area contributed by atoms with Crippen molar-refractivity contribution in [1.82, 2.24) is 5.32 Å². The molecule has 1 aliphatic carbocycles. The minimum absolute atomic E-state index is 0.317. The molecule has 2 aliphatic rings. The van der Waals surface area contributed by atoms with E-state index in [4.69, 9.17) is 9.47 Å². The van der Waals surface area contributed by atoms with Crippen LogP contribution in [0.2, 0.25) is 0 Å². The van der Waals surface area contributed by atoms with E-state index in [0.29, 0.717) is 18.3 Å². The van der Waals surface area contributed by atoms with E-state index in [9.17, 15) is 0 Å². The minimum atomic E-state index is 0.317. The maximum Gasteiger partial charge on any atom is 0.0814 e. The van der Waals surface area contributed by atoms with Gasteiger partial charge in [0.2, 0.25) is 0 Å². The molecule has 1 aliphatic heterocycles. The van der Waals surface area contributed by atoms with Crippen molar-refractivity contribution < 1.29 is 9.47 Å². The fraction of sp³-hybridized carbons (Fsp3) is 1.00. The summed E-state index contributed by atoms with van der Waals surface area (Å²) in [6.45, 7) is 5.93. The quantitative estimate of drug-likeness (QED) is 0.728. The molecule has 3 nitrogen and oxygen atoms in total. The Labute approximate surface area is 92.5 Å². The maximum absolute atomic E-state index is 5.90. The Bertz CT molecular complexity index is 180. The highest BCUT2D eigenvalue weighted by Gasteiger charge is 2.28. The van der Waals surface area contributed by atoms with Gasteiger partial charge < -0.3 is 14.8 Å². The monoisotopic (exact) mass is 213 g/mol. The lowest BCUT2D eigenvalue weighted by Gasteiger charge is -2.15. The molecule has 0 aromatic carbocycles. The highest BCUT2D eigenvalue weighted by atomic mass is 16.5. The Kier molecular flexibility index (Phi) is 4.00. The number of ether oxygens (including phenoxy) is 2. The van der Waals surface area contributed by atoms with Gasteiger partial charge in [-0.05, 0) is 39.5 Å². The number of nitrogens with one attached hydrogen (secondary N) is 1. The maximum atomic E-state index is 5.90. The van der Waals surface area contributed by atoms with E-state index in [-0.39, 0.29) is 0 Å². The third kappa shape index (κ3) is 4.09. The van der Waals surface area contributed by atoms with Gasteiger partial charge in [0.05, 0.1) is 24.9 Å². The number of hydrogen-bond acceptors (Lipinski definition) is 3. The van der Waals surface area contributed by atoms with Crippen molar-refractivity contribution in [2.24, 2.45) is 0 Å². The van der Waals surface area contributed by atoms with Crippen molar-refractivity contribution in [3.05, 3.63) is 0 Å². The molecule has 1 N–H and O–H groups in total. The fourth-order valence-electron chi connectivity index (χ4n) is 1.94. The average Bonchev–Trinajstić information content (AvgIpc) is 2.92. The fourth-order valence-corrected chi connectivity index (χ4v) is 1.94. The third-order valence-electron chi connectivity index (χ3n) is 3.02. The standard InChI is InChI=1S/C12H23NO2/c1-9(2)14-8-12-6-5-11(15-12)7-13-10-3-4-10/h9-13H,3-8H2,1-2H3. The molecule has 3 heteroatoms. The summed E-state index contributed by atoms with van der Waals surface area (Å²) < 4.78 is 11.5. The molecule has 15 heavy (non-hydrogen) atoms. The predicted octanol–water partition coefficient (Wildman–Crippen LogP) is 1.71. The third-order valence-corrected chi connectivity index (χ3v) is 3.02. The Morgan fingerprint density at radius 3 is 2.60 bits per heavy atom. The van der Waals surface area contributed by atoms with E-state index in [1.54, 1.807) is 0 Å². The molecule has 0 bridgehead atoms. The molecule has 2 unspecified atom stereocenters. The van der Waals surface area contributed by atoms with Crippen LogP contribution in [0.15, 0.2) is 0 Å². The van der Waals surface area contributed by atoms with Crippen molar-refractivity contribution in [2.45, 2.75) is 63.9 Å². The van der Waals surface area contributed by atoms with Crippen molar-refractivity contribution in [3.8, 4) is 0 Å². The second-order valence-corrected chi connectivity index (χ2v) is 5.02. The van der Waals surface area contributed by atoms with Gasteiger partial charge in [-0.1, -0.05) is 0 Å². The zero-order valence-electron chi connectivity index (χ0n) is 9.87. The first kappa shape index (κ1) is 11.4. The van der Waals surface area contributed by atoms with Gasteiger partial charge in [0.1, 0.15) is 0 Å². The van der Waals surface area contributed by atoms with Crippen molar-refractivity contribution in [1.29, 1.82) is 0 Å². The van der Waals surface area contributed by atoms with E-state index < -0.39 is 0 Å². The van der Waals surface area contributed by atoms with Gasteiger partial charge >= 0.3 is 0 Å². The predicted molar refractivity (Wildman–Crippen MR) is 60.0 cm³/mol. The normalized spacial score (nSPS) is 31.4. The van der Waals surface area contributed by atoms with Crippen LogP contribution in [0.4, 0.5) is 0 Å². The van der Waals surface area contributed by atoms with Crippen molar-refractivity contribution in [2.75, 3.05) is 13.2 Å². The van der Waals surface area contributed by atoms with Gasteiger partial charge in [-0.15, -0.1) is 0 Å². The van der Waals surface area contributed by atoms with Crippen LogP contribution in [-0.2, 0) is 9.47 Å². The highest BCUT2D eigenvalue weighted by Crippen LogP contribution is 2.22. The van der Waals surface area contributed by atoms with Gasteiger partial charge in [0.15, 0.2) is 0 Å². The van der Waals surface area contributed by atoms with Crippen LogP contribution >= 0.6 is 0 Å². The van der Waals surface area contributed by atoms with E-state index in [1.165, 1.54) is 19.3 Å². The largest absolute Gasteiger partial charge is 0.376 e. The summed E-state index contributed by atoms with van der Waals surface area (Å²) >= 11 is 0. The van der Waals surface area contributed by atoms with Crippen LogP contribution in [0.5, 0.6) is 0 Å². The van der Waals surface area contributed by atoms with Gasteiger partial charge in [-0.3, -0.25) is 0 Å². The summed E-state index contributed by atoms with van der Waals surface area (Å²) in [6, 6.07) is 0.791. The molecule has 0 spiro atoms. The number of rotatable bonds is 6. The molecule has 88 valence electrons. The Morgan fingerprint density at radius 2 is 1.93 bits per heavy atom. The lowest BCUT2D eigenvalue weighted by Crippen LogP contribution is -2.29. The Hall–Kier alpha value is -0.120. The lowest BCUT2D eigenvalue weighted by molar-refractivity contribution is -0.0317. The van der Waals surface area contributed by atoms with Crippen molar-refractivity contribution in [3.63, 3.8) is 0 Å². The van der Waals surface area contributed by atoms with E-state index >= 15 is 0 Å². The molecule has 2 rings (SSSR count). The van der Waals surface area contributed by atoms with Crippen LogP contribution in [0.3, 0.4) is 0 Å². The summed E-state index contributed by atoms with van der Waals surface area (Å²) in [4.78, 5) is 0. The van der Waals surface area contributed by atoms with Gasteiger partial charge in [0.25, 0.3) is 0 Å². The molecule has 0 radical (unpaired) electrons. The van der Waals surface area contributed by atoms with Gasteiger partial charge in [-0.2, -0.15) is 0 Å². The zero-order valence-corrected chi connectivity index (χ0v) is 9.87. The zero-order chi connectivity index (χ0) is 10.7. The topological polar surface area (TPSA) is 30.5 Å². The summed E-state index contributed by atoms with van der Waals surface area (Å²) in [6.07, 6.45) is 6.12.